The molecule has 136 valence electrons. The smallest absolute Gasteiger partial charge is 0.242 e. The SMILES string of the molecule is Cc1cc(NC(=O)[C@@H](C)N2CCC(c3nc4ccccc4s3)CC2)no1. The molecule has 1 aliphatic heterocycles. The van der Waals surface area contributed by atoms with Crippen molar-refractivity contribution in [2.24, 2.45) is 0 Å². The van der Waals surface area contributed by atoms with Gasteiger partial charge in [-0.1, -0.05) is 17.3 Å². The molecule has 0 bridgehead atoms. The molecule has 1 fully saturated rings. The van der Waals surface area contributed by atoms with Crippen LogP contribution in [0.15, 0.2) is 34.9 Å². The zero-order valence-electron chi connectivity index (χ0n) is 14.9. The molecule has 1 atom stereocenters. The molecule has 1 saturated heterocycles. The Morgan fingerprint density at radius 1 is 1.35 bits per heavy atom. The van der Waals surface area contributed by atoms with Gasteiger partial charge in [0.05, 0.1) is 21.3 Å². The van der Waals surface area contributed by atoms with Crippen LogP contribution in [-0.2, 0) is 4.79 Å². The average Bonchev–Trinajstić information content (AvgIpc) is 3.27. The number of fused-ring (bicyclic) bond motifs is 1. The summed E-state index contributed by atoms with van der Waals surface area (Å²) in [6, 6.07) is 9.83. The van der Waals surface area contributed by atoms with E-state index in [4.69, 9.17) is 9.51 Å². The van der Waals surface area contributed by atoms with Crippen molar-refractivity contribution in [3.8, 4) is 0 Å². The molecule has 7 heteroatoms. The van der Waals surface area contributed by atoms with E-state index in [0.29, 0.717) is 17.5 Å². The minimum atomic E-state index is -0.191. The van der Waals surface area contributed by atoms with E-state index < -0.39 is 0 Å². The average molecular weight is 370 g/mol. The number of para-hydroxylation sites is 1. The maximum absolute atomic E-state index is 12.4. The number of carbonyl (C=O) groups excluding carboxylic acids is 1. The van der Waals surface area contributed by atoms with Crippen LogP contribution in [0.25, 0.3) is 10.2 Å². The van der Waals surface area contributed by atoms with Crippen molar-refractivity contribution in [1.82, 2.24) is 15.0 Å². The number of benzene rings is 1. The Morgan fingerprint density at radius 3 is 2.81 bits per heavy atom. The van der Waals surface area contributed by atoms with E-state index >= 15 is 0 Å². The Morgan fingerprint density at radius 2 is 2.12 bits per heavy atom. The summed E-state index contributed by atoms with van der Waals surface area (Å²) in [7, 11) is 0. The van der Waals surface area contributed by atoms with Gasteiger partial charge in [-0.2, -0.15) is 0 Å². The predicted molar refractivity (Wildman–Crippen MR) is 102 cm³/mol. The van der Waals surface area contributed by atoms with Crippen molar-refractivity contribution in [2.75, 3.05) is 18.4 Å². The Bertz CT molecular complexity index is 878. The molecule has 26 heavy (non-hydrogen) atoms. The number of rotatable bonds is 4. The van der Waals surface area contributed by atoms with Crippen molar-refractivity contribution in [3.05, 3.63) is 41.1 Å². The van der Waals surface area contributed by atoms with Gasteiger partial charge in [0.1, 0.15) is 5.76 Å². The second-order valence-corrected chi connectivity index (χ2v) is 7.88. The number of thiazole rings is 1. The molecule has 0 aliphatic carbocycles. The zero-order valence-corrected chi connectivity index (χ0v) is 15.8. The number of carbonyl (C=O) groups is 1. The third kappa shape index (κ3) is 3.50. The number of likely N-dealkylation sites (tertiary alicyclic amines) is 1. The number of hydrogen-bond donors (Lipinski definition) is 1. The van der Waals surface area contributed by atoms with Crippen LogP contribution in [0.2, 0.25) is 0 Å². The largest absolute Gasteiger partial charge is 0.360 e. The van der Waals surface area contributed by atoms with E-state index in [1.807, 2.05) is 13.0 Å². The lowest BCUT2D eigenvalue weighted by Crippen LogP contribution is -2.45. The van der Waals surface area contributed by atoms with E-state index in [1.54, 1.807) is 24.3 Å². The van der Waals surface area contributed by atoms with Crippen molar-refractivity contribution in [1.29, 1.82) is 0 Å². The van der Waals surface area contributed by atoms with Crippen LogP contribution in [0.3, 0.4) is 0 Å². The summed E-state index contributed by atoms with van der Waals surface area (Å²) < 4.78 is 6.25. The molecule has 1 N–H and O–H groups in total. The lowest BCUT2D eigenvalue weighted by Gasteiger charge is -2.34. The molecule has 1 amide bonds. The van der Waals surface area contributed by atoms with Gasteiger partial charge in [0.15, 0.2) is 5.82 Å². The minimum Gasteiger partial charge on any atom is -0.360 e. The maximum Gasteiger partial charge on any atom is 0.242 e. The highest BCUT2D eigenvalue weighted by atomic mass is 32.1. The summed E-state index contributed by atoms with van der Waals surface area (Å²) >= 11 is 1.80. The van der Waals surface area contributed by atoms with Gasteiger partial charge < -0.3 is 9.84 Å². The first-order valence-electron chi connectivity index (χ1n) is 8.94. The lowest BCUT2D eigenvalue weighted by molar-refractivity contribution is -0.121. The maximum atomic E-state index is 12.4. The number of anilines is 1. The fourth-order valence-corrected chi connectivity index (χ4v) is 4.56. The molecule has 3 aromatic rings. The number of nitrogens with zero attached hydrogens (tertiary/aromatic N) is 3. The first-order valence-corrected chi connectivity index (χ1v) is 9.75. The summed E-state index contributed by atoms with van der Waals surface area (Å²) in [4.78, 5) is 19.5. The predicted octanol–water partition coefficient (Wildman–Crippen LogP) is 3.80. The molecule has 3 heterocycles. The summed E-state index contributed by atoms with van der Waals surface area (Å²) in [6.07, 6.45) is 2.06. The summed E-state index contributed by atoms with van der Waals surface area (Å²) in [5.41, 5.74) is 1.09. The molecule has 0 saturated carbocycles. The molecular weight excluding hydrogens is 348 g/mol. The minimum absolute atomic E-state index is 0.0447. The molecule has 0 unspecified atom stereocenters. The van der Waals surface area contributed by atoms with E-state index in [0.717, 1.165) is 31.4 Å². The number of hydrogen-bond acceptors (Lipinski definition) is 6. The van der Waals surface area contributed by atoms with E-state index in [-0.39, 0.29) is 11.9 Å². The molecule has 2 aromatic heterocycles. The molecule has 0 radical (unpaired) electrons. The van der Waals surface area contributed by atoms with Crippen LogP contribution in [0, 0.1) is 6.92 Å². The van der Waals surface area contributed by atoms with Crippen molar-refractivity contribution in [2.45, 2.75) is 38.6 Å². The first kappa shape index (κ1) is 17.2. The normalized spacial score (nSPS) is 17.5. The summed E-state index contributed by atoms with van der Waals surface area (Å²) in [6.45, 7) is 5.54. The number of nitrogens with one attached hydrogen (secondary N) is 1. The second-order valence-electron chi connectivity index (χ2n) is 6.82. The number of aromatic nitrogens is 2. The van der Waals surface area contributed by atoms with Gasteiger partial charge in [-0.25, -0.2) is 4.98 Å². The Kier molecular flexibility index (Phi) is 4.74. The third-order valence-electron chi connectivity index (χ3n) is 5.00. The molecular formula is C19H22N4O2S. The Hall–Kier alpha value is -2.25. The van der Waals surface area contributed by atoms with Crippen molar-refractivity contribution < 1.29 is 9.32 Å². The van der Waals surface area contributed by atoms with E-state index in [9.17, 15) is 4.79 Å². The van der Waals surface area contributed by atoms with Crippen LogP contribution >= 0.6 is 11.3 Å². The number of aryl methyl sites for hydroxylation is 1. The molecule has 0 spiro atoms. The monoisotopic (exact) mass is 370 g/mol. The van der Waals surface area contributed by atoms with Crippen LogP contribution in [0.4, 0.5) is 5.82 Å². The molecule has 1 aliphatic rings. The third-order valence-corrected chi connectivity index (χ3v) is 6.19. The van der Waals surface area contributed by atoms with Crippen LogP contribution in [-0.4, -0.2) is 40.1 Å². The fraction of sp³-hybridized carbons (Fsp3) is 0.421. The highest BCUT2D eigenvalue weighted by molar-refractivity contribution is 7.18. The van der Waals surface area contributed by atoms with Gasteiger partial charge in [-0.3, -0.25) is 9.69 Å². The van der Waals surface area contributed by atoms with E-state index in [1.165, 1.54) is 9.71 Å². The summed E-state index contributed by atoms with van der Waals surface area (Å²) in [5, 5.41) is 7.87. The standard InChI is InChI=1S/C19H22N4O2S/c1-12-11-17(22-25-12)21-18(24)13(2)23-9-7-14(8-10-23)19-20-15-5-3-4-6-16(15)26-19/h3-6,11,13-14H,7-10H2,1-2H3,(H,21,22,24)/t13-/m1/s1. The highest BCUT2D eigenvalue weighted by Crippen LogP contribution is 2.34. The second kappa shape index (κ2) is 7.17. The van der Waals surface area contributed by atoms with Crippen molar-refractivity contribution in [3.63, 3.8) is 0 Å². The van der Waals surface area contributed by atoms with Gasteiger partial charge in [-0.15, -0.1) is 11.3 Å². The quantitative estimate of drug-likeness (QED) is 0.756. The molecule has 4 rings (SSSR count). The summed E-state index contributed by atoms with van der Waals surface area (Å²) in [5.74, 6) is 1.60. The van der Waals surface area contributed by atoms with Gasteiger partial charge in [-0.05, 0) is 51.9 Å². The van der Waals surface area contributed by atoms with Crippen LogP contribution in [0.5, 0.6) is 0 Å². The molecule has 1 aromatic carbocycles. The van der Waals surface area contributed by atoms with Crippen LogP contribution < -0.4 is 5.32 Å². The highest BCUT2D eigenvalue weighted by Gasteiger charge is 2.29. The lowest BCUT2D eigenvalue weighted by atomic mass is 9.96. The fourth-order valence-electron chi connectivity index (χ4n) is 3.42. The first-order chi connectivity index (χ1) is 12.6. The van der Waals surface area contributed by atoms with Crippen molar-refractivity contribution >= 4 is 33.3 Å². The van der Waals surface area contributed by atoms with Crippen LogP contribution in [0.1, 0.15) is 36.5 Å². The van der Waals surface area contributed by atoms with Gasteiger partial charge in [0.2, 0.25) is 5.91 Å². The Balaban J connectivity index is 1.35. The topological polar surface area (TPSA) is 71.3 Å². The zero-order chi connectivity index (χ0) is 18.1. The van der Waals surface area contributed by atoms with Gasteiger partial charge in [0.25, 0.3) is 0 Å². The molecule has 6 nitrogen and oxygen atoms in total. The van der Waals surface area contributed by atoms with E-state index in [2.05, 4.69) is 33.6 Å². The Labute approximate surface area is 156 Å². The van der Waals surface area contributed by atoms with Gasteiger partial charge in [0, 0.05) is 12.0 Å². The van der Waals surface area contributed by atoms with Gasteiger partial charge >= 0.3 is 0 Å². The number of amides is 1. The number of piperidine rings is 1.